The van der Waals surface area contributed by atoms with Crippen LogP contribution < -0.4 is 9.64 Å². The fraction of sp³-hybridized carbons (Fsp3) is 0.280. The summed E-state index contributed by atoms with van der Waals surface area (Å²) >= 11 is 6.17. The SMILES string of the molecule is Cc1ccc2c(c1)C(=O)CC1(CCN(c3ncnc4c3cnn4-c3cccc(Cl)c3)CC1)O2. The van der Waals surface area contributed by atoms with Gasteiger partial charge in [0.2, 0.25) is 0 Å². The second-order valence-corrected chi connectivity index (χ2v) is 9.28. The highest BCUT2D eigenvalue weighted by atomic mass is 35.5. The standard InChI is InChI=1S/C25H22ClN5O2/c1-16-5-6-22-19(11-16)21(32)13-25(33-22)7-9-30(10-8-25)23-20-14-29-31(24(20)28-15-27-23)18-4-2-3-17(26)12-18/h2-6,11-12,14-15H,7-10,13H2,1H3. The molecule has 1 spiro atoms. The smallest absolute Gasteiger partial charge is 0.170 e. The number of ketones is 1. The number of halogens is 1. The van der Waals surface area contributed by atoms with Crippen molar-refractivity contribution >= 4 is 34.2 Å². The molecule has 8 heteroatoms. The van der Waals surface area contributed by atoms with Gasteiger partial charge < -0.3 is 9.64 Å². The molecule has 0 bridgehead atoms. The van der Waals surface area contributed by atoms with Gasteiger partial charge in [0.1, 0.15) is 23.5 Å². The van der Waals surface area contributed by atoms with Crippen LogP contribution >= 0.6 is 11.6 Å². The number of nitrogens with zero attached hydrogens (tertiary/aromatic N) is 5. The predicted octanol–water partition coefficient (Wildman–Crippen LogP) is 4.78. The van der Waals surface area contributed by atoms with Gasteiger partial charge in [-0.3, -0.25) is 4.79 Å². The van der Waals surface area contributed by atoms with Crippen LogP contribution in [0.4, 0.5) is 5.82 Å². The van der Waals surface area contributed by atoms with E-state index >= 15 is 0 Å². The first-order valence-electron chi connectivity index (χ1n) is 11.0. The van der Waals surface area contributed by atoms with Crippen LogP contribution in [0.5, 0.6) is 5.75 Å². The number of aryl methyl sites for hydroxylation is 1. The summed E-state index contributed by atoms with van der Waals surface area (Å²) in [5.41, 5.74) is 2.91. The quantitative estimate of drug-likeness (QED) is 0.429. The van der Waals surface area contributed by atoms with E-state index in [0.717, 1.165) is 54.0 Å². The molecule has 4 heterocycles. The second-order valence-electron chi connectivity index (χ2n) is 8.84. The third kappa shape index (κ3) is 3.43. The van der Waals surface area contributed by atoms with E-state index in [2.05, 4.69) is 20.0 Å². The number of anilines is 1. The fourth-order valence-electron chi connectivity index (χ4n) is 4.89. The molecule has 6 rings (SSSR count). The van der Waals surface area contributed by atoms with E-state index < -0.39 is 5.60 Å². The minimum absolute atomic E-state index is 0.167. The van der Waals surface area contributed by atoms with Gasteiger partial charge in [-0.15, -0.1) is 0 Å². The van der Waals surface area contributed by atoms with Gasteiger partial charge in [-0.2, -0.15) is 5.10 Å². The molecule has 0 N–H and O–H groups in total. The van der Waals surface area contributed by atoms with E-state index in [4.69, 9.17) is 16.3 Å². The molecule has 0 amide bonds. The monoisotopic (exact) mass is 459 g/mol. The van der Waals surface area contributed by atoms with Crippen LogP contribution in [-0.4, -0.2) is 44.2 Å². The van der Waals surface area contributed by atoms with E-state index in [9.17, 15) is 4.79 Å². The lowest BCUT2D eigenvalue weighted by Crippen LogP contribution is -2.51. The van der Waals surface area contributed by atoms with Crippen LogP contribution in [-0.2, 0) is 0 Å². The molecule has 2 aliphatic heterocycles. The lowest BCUT2D eigenvalue weighted by Gasteiger charge is -2.44. The number of Topliss-reactive ketones (excluding diaryl/α,β-unsaturated/α-hetero) is 1. The maximum atomic E-state index is 12.9. The van der Waals surface area contributed by atoms with Crippen LogP contribution in [0.2, 0.25) is 5.02 Å². The fourth-order valence-corrected chi connectivity index (χ4v) is 5.08. The van der Waals surface area contributed by atoms with Crippen molar-refractivity contribution in [3.63, 3.8) is 0 Å². The molecule has 1 saturated heterocycles. The summed E-state index contributed by atoms with van der Waals surface area (Å²) in [4.78, 5) is 24.2. The third-order valence-corrected chi connectivity index (χ3v) is 6.85. The summed E-state index contributed by atoms with van der Waals surface area (Å²) in [5, 5.41) is 6.08. The van der Waals surface area contributed by atoms with E-state index in [1.165, 1.54) is 0 Å². The van der Waals surface area contributed by atoms with Gasteiger partial charge in [0.05, 0.1) is 29.3 Å². The Morgan fingerprint density at radius 2 is 1.94 bits per heavy atom. The molecule has 0 saturated carbocycles. The molecule has 4 aromatic rings. The number of benzene rings is 2. The first kappa shape index (κ1) is 20.2. The van der Waals surface area contributed by atoms with Crippen molar-refractivity contribution in [2.24, 2.45) is 0 Å². The molecule has 2 aromatic carbocycles. The Morgan fingerprint density at radius 3 is 2.76 bits per heavy atom. The van der Waals surface area contributed by atoms with Gasteiger partial charge in [0, 0.05) is 31.0 Å². The summed E-state index contributed by atoms with van der Waals surface area (Å²) in [7, 11) is 0. The first-order valence-corrected chi connectivity index (χ1v) is 11.4. The Hall–Kier alpha value is -3.45. The number of hydrogen-bond acceptors (Lipinski definition) is 6. The molecule has 7 nitrogen and oxygen atoms in total. The van der Waals surface area contributed by atoms with Crippen molar-refractivity contribution in [1.29, 1.82) is 0 Å². The van der Waals surface area contributed by atoms with Crippen LogP contribution in [0.1, 0.15) is 35.2 Å². The second kappa shape index (κ2) is 7.56. The normalized spacial score (nSPS) is 17.3. The zero-order valence-electron chi connectivity index (χ0n) is 18.2. The summed E-state index contributed by atoms with van der Waals surface area (Å²) < 4.78 is 8.20. The molecule has 33 heavy (non-hydrogen) atoms. The first-order chi connectivity index (χ1) is 16.0. The number of rotatable bonds is 2. The average molecular weight is 460 g/mol. The molecule has 0 radical (unpaired) electrons. The van der Waals surface area contributed by atoms with Crippen molar-refractivity contribution in [1.82, 2.24) is 19.7 Å². The van der Waals surface area contributed by atoms with Gasteiger partial charge in [0.15, 0.2) is 11.4 Å². The van der Waals surface area contributed by atoms with E-state index in [0.29, 0.717) is 22.8 Å². The van der Waals surface area contributed by atoms with Crippen molar-refractivity contribution < 1.29 is 9.53 Å². The highest BCUT2D eigenvalue weighted by Gasteiger charge is 2.43. The molecule has 2 aromatic heterocycles. The molecule has 0 aliphatic carbocycles. The number of carbonyl (C=O) groups is 1. The zero-order valence-corrected chi connectivity index (χ0v) is 18.9. The molecule has 0 unspecified atom stereocenters. The topological polar surface area (TPSA) is 73.1 Å². The summed E-state index contributed by atoms with van der Waals surface area (Å²) in [6.45, 7) is 3.47. The zero-order chi connectivity index (χ0) is 22.6. The largest absolute Gasteiger partial charge is 0.486 e. The molecule has 1 fully saturated rings. The van der Waals surface area contributed by atoms with E-state index in [-0.39, 0.29) is 5.78 Å². The Bertz CT molecular complexity index is 1390. The number of fused-ring (bicyclic) bond motifs is 2. The van der Waals surface area contributed by atoms with Crippen molar-refractivity contribution in [3.8, 4) is 11.4 Å². The van der Waals surface area contributed by atoms with E-state index in [1.807, 2.05) is 49.4 Å². The molecular weight excluding hydrogens is 438 g/mol. The number of aromatic nitrogens is 4. The third-order valence-electron chi connectivity index (χ3n) is 6.62. The van der Waals surface area contributed by atoms with Gasteiger partial charge in [-0.25, -0.2) is 14.6 Å². The lowest BCUT2D eigenvalue weighted by molar-refractivity contribution is 0.0231. The molecule has 0 atom stereocenters. The molecule has 166 valence electrons. The van der Waals surface area contributed by atoms with Gasteiger partial charge >= 0.3 is 0 Å². The maximum Gasteiger partial charge on any atom is 0.170 e. The highest BCUT2D eigenvalue weighted by Crippen LogP contribution is 2.40. The maximum absolute atomic E-state index is 12.9. The minimum atomic E-state index is -0.451. The predicted molar refractivity (Wildman–Crippen MR) is 127 cm³/mol. The lowest BCUT2D eigenvalue weighted by atomic mass is 9.82. The van der Waals surface area contributed by atoms with Crippen molar-refractivity contribution in [2.45, 2.75) is 31.8 Å². The van der Waals surface area contributed by atoms with Crippen molar-refractivity contribution in [2.75, 3.05) is 18.0 Å². The number of carbonyl (C=O) groups excluding carboxylic acids is 1. The average Bonchev–Trinajstić information content (AvgIpc) is 3.25. The van der Waals surface area contributed by atoms with Crippen molar-refractivity contribution in [3.05, 3.63) is 71.1 Å². The van der Waals surface area contributed by atoms with Gasteiger partial charge in [-0.05, 0) is 37.3 Å². The van der Waals surface area contributed by atoms with Crippen LogP contribution in [0.25, 0.3) is 16.7 Å². The van der Waals surface area contributed by atoms with E-state index in [1.54, 1.807) is 17.2 Å². The van der Waals surface area contributed by atoms with Gasteiger partial charge in [-0.1, -0.05) is 29.3 Å². The number of ether oxygens (including phenoxy) is 1. The Kier molecular flexibility index (Phi) is 4.62. The Morgan fingerprint density at radius 1 is 1.09 bits per heavy atom. The molecular formula is C25H22ClN5O2. The van der Waals surface area contributed by atoms with Crippen LogP contribution in [0.15, 0.2) is 55.0 Å². The molecule has 2 aliphatic rings. The Labute approximate surface area is 196 Å². The minimum Gasteiger partial charge on any atom is -0.486 e. The van der Waals surface area contributed by atoms with Crippen LogP contribution in [0, 0.1) is 6.92 Å². The summed E-state index contributed by atoms with van der Waals surface area (Å²) in [6.07, 6.45) is 5.29. The Balaban J connectivity index is 1.27. The number of hydrogen-bond donors (Lipinski definition) is 0. The number of piperidine rings is 1. The summed E-state index contributed by atoms with van der Waals surface area (Å²) in [5.74, 6) is 1.72. The van der Waals surface area contributed by atoms with Crippen LogP contribution in [0.3, 0.4) is 0 Å². The highest BCUT2D eigenvalue weighted by molar-refractivity contribution is 6.30. The summed E-state index contributed by atoms with van der Waals surface area (Å²) in [6, 6.07) is 13.4. The van der Waals surface area contributed by atoms with Gasteiger partial charge in [0.25, 0.3) is 0 Å².